The molecule has 0 atom stereocenters. The minimum absolute atomic E-state index is 0. The maximum Gasteiger partial charge on any atom is 0 e. The molecule has 0 bridgehead atoms. The summed E-state index contributed by atoms with van der Waals surface area (Å²) in [6.07, 6.45) is 0. The van der Waals surface area contributed by atoms with Gasteiger partial charge in [0.25, 0.3) is 0 Å². The molecule has 0 aliphatic rings. The zero-order chi connectivity index (χ0) is 0. The van der Waals surface area contributed by atoms with Gasteiger partial charge in [-0.25, -0.2) is 0 Å². The first-order valence-corrected chi connectivity index (χ1v) is 0. The average molecular weight is 251 g/mol. The molecule has 0 aliphatic carbocycles. The smallest absolute Gasteiger partial charge is 0 e. The molecule has 3 radical (unpaired) electrons. The maximum absolute atomic E-state index is 0. The quantitative estimate of drug-likeness (QED) is 0.531. The Balaban J connectivity index is 0. The Morgan fingerprint density at radius 2 is 1.00 bits per heavy atom. The molecular formula is CrMnScTiV. The van der Waals surface area contributed by atoms with Crippen LogP contribution in [-0.4, -0.2) is 0 Å². The summed E-state index contributed by atoms with van der Waals surface area (Å²) < 4.78 is 0. The number of rotatable bonds is 0. The molecule has 0 amide bonds. The summed E-state index contributed by atoms with van der Waals surface area (Å²) in [5.74, 6) is 0. The Kier molecular flexibility index (Phi) is 223. The Morgan fingerprint density at radius 1 is 1.00 bits per heavy atom. The zero-order valence-corrected chi connectivity index (χ0v) is 9.53. The van der Waals surface area contributed by atoms with E-state index in [1.165, 1.54) is 0 Å². The van der Waals surface area contributed by atoms with Gasteiger partial charge in [-0.15, -0.1) is 0 Å². The van der Waals surface area contributed by atoms with Crippen LogP contribution in [0.3, 0.4) is 0 Å². The molecule has 0 spiro atoms. The molecule has 0 aliphatic heterocycles. The van der Waals surface area contributed by atoms with Crippen LogP contribution < -0.4 is 0 Å². The molecule has 5 heteroatoms. The van der Waals surface area contributed by atoms with Crippen molar-refractivity contribution in [2.75, 3.05) is 0 Å². The summed E-state index contributed by atoms with van der Waals surface area (Å²) in [7, 11) is 0. The van der Waals surface area contributed by atoms with Gasteiger partial charge in [-0.2, -0.15) is 0 Å². The second-order valence-electron chi connectivity index (χ2n) is 0. The minimum atomic E-state index is 0. The third-order valence-corrected chi connectivity index (χ3v) is 0. The van der Waals surface area contributed by atoms with E-state index in [0.29, 0.717) is 0 Å². The van der Waals surface area contributed by atoms with Crippen molar-refractivity contribution in [1.29, 1.82) is 0 Å². The Morgan fingerprint density at radius 3 is 1.00 bits per heavy atom. The van der Waals surface area contributed by atoms with Crippen LogP contribution in [0.25, 0.3) is 0 Å². The van der Waals surface area contributed by atoms with Crippen molar-refractivity contribution in [2.24, 2.45) is 0 Å². The molecule has 0 unspecified atom stereocenters. The average Bonchev–Trinajstić information content (AvgIpc) is 0. The largest absolute Gasteiger partial charge is 0 e. The van der Waals surface area contributed by atoms with Crippen molar-refractivity contribution in [3.05, 3.63) is 0 Å². The zero-order valence-electron chi connectivity index (χ0n) is 2.31. The van der Waals surface area contributed by atoms with E-state index < -0.39 is 0 Å². The van der Waals surface area contributed by atoms with Gasteiger partial charge in [0.15, 0.2) is 0 Å². The fourth-order valence-electron chi connectivity index (χ4n) is 0. The van der Waals surface area contributed by atoms with Crippen molar-refractivity contribution in [2.45, 2.75) is 0 Å². The van der Waals surface area contributed by atoms with Crippen molar-refractivity contribution in [1.82, 2.24) is 0 Å². The molecule has 0 aromatic rings. The van der Waals surface area contributed by atoms with Crippen molar-refractivity contribution in [3.63, 3.8) is 0 Å². The number of hydrogen-bond donors (Lipinski definition) is 0. The fourth-order valence-corrected chi connectivity index (χ4v) is 0. The topological polar surface area (TPSA) is 0 Å². The molecule has 0 fully saturated rings. The van der Waals surface area contributed by atoms with Crippen molar-refractivity contribution < 1.29 is 101 Å². The summed E-state index contributed by atoms with van der Waals surface area (Å²) >= 11 is 0. The van der Waals surface area contributed by atoms with Gasteiger partial charge in [-0.3, -0.25) is 0 Å². The van der Waals surface area contributed by atoms with E-state index in [-0.39, 0.29) is 101 Å². The fraction of sp³-hybridized carbons (Fsp3) is 0. The summed E-state index contributed by atoms with van der Waals surface area (Å²) in [4.78, 5) is 0. The molecule has 0 aromatic carbocycles. The van der Waals surface area contributed by atoms with Crippen LogP contribution >= 0.6 is 0 Å². The minimum Gasteiger partial charge on any atom is 0 e. The summed E-state index contributed by atoms with van der Waals surface area (Å²) in [6.45, 7) is 0. The molecule has 0 aromatic heterocycles. The standard InChI is InChI=1S/Cr.Mn.Sc.Ti.V. The third-order valence-electron chi connectivity index (χ3n) is 0. The normalized spacial score (nSPS) is 0. The van der Waals surface area contributed by atoms with Gasteiger partial charge in [0.05, 0.1) is 0 Å². The maximum atomic E-state index is 0. The molecule has 0 heterocycles. The monoisotopic (exact) mass is 251 g/mol. The van der Waals surface area contributed by atoms with E-state index >= 15 is 0 Å². The predicted octanol–water partition coefficient (Wildman–Crippen LogP) is -0.0125. The van der Waals surface area contributed by atoms with E-state index in [1.54, 1.807) is 0 Å². The first-order valence-electron chi connectivity index (χ1n) is 0. The van der Waals surface area contributed by atoms with Gasteiger partial charge in [0, 0.05) is 101 Å². The molecule has 25 valence electrons. The third kappa shape index (κ3) is 19.0. The van der Waals surface area contributed by atoms with E-state index in [1.807, 2.05) is 0 Å². The van der Waals surface area contributed by atoms with Crippen molar-refractivity contribution in [3.8, 4) is 0 Å². The van der Waals surface area contributed by atoms with Gasteiger partial charge < -0.3 is 0 Å². The number of hydrogen-bond acceptors (Lipinski definition) is 0. The molecule has 0 N–H and O–H groups in total. The van der Waals surface area contributed by atoms with Crippen LogP contribution in [0, 0.1) is 0 Å². The van der Waals surface area contributed by atoms with E-state index in [2.05, 4.69) is 0 Å². The Hall–Kier alpha value is 3.22. The van der Waals surface area contributed by atoms with Crippen LogP contribution in [0.4, 0.5) is 0 Å². The summed E-state index contributed by atoms with van der Waals surface area (Å²) in [5.41, 5.74) is 0. The molecule has 0 saturated carbocycles. The van der Waals surface area contributed by atoms with E-state index in [4.69, 9.17) is 0 Å². The van der Waals surface area contributed by atoms with Gasteiger partial charge in [-0.1, -0.05) is 0 Å². The molecular weight excluding hydrogens is 251 g/mol. The van der Waals surface area contributed by atoms with Crippen molar-refractivity contribution >= 4 is 0 Å². The van der Waals surface area contributed by atoms with Crippen LogP contribution in [-0.2, 0) is 101 Å². The summed E-state index contributed by atoms with van der Waals surface area (Å²) in [6, 6.07) is 0. The van der Waals surface area contributed by atoms with E-state index in [9.17, 15) is 0 Å². The molecule has 0 saturated heterocycles. The Labute approximate surface area is 98.8 Å². The van der Waals surface area contributed by atoms with Crippen LogP contribution in [0.2, 0.25) is 0 Å². The van der Waals surface area contributed by atoms with Gasteiger partial charge in [0.2, 0.25) is 0 Å². The van der Waals surface area contributed by atoms with Gasteiger partial charge >= 0.3 is 0 Å². The second-order valence-corrected chi connectivity index (χ2v) is 0. The Bertz CT molecular complexity index is 11.6. The van der Waals surface area contributed by atoms with Gasteiger partial charge in [-0.05, 0) is 0 Å². The van der Waals surface area contributed by atoms with Crippen LogP contribution in [0.15, 0.2) is 0 Å². The predicted molar refractivity (Wildman–Crippen MR) is 0 cm³/mol. The van der Waals surface area contributed by atoms with Crippen LogP contribution in [0.5, 0.6) is 0 Å². The van der Waals surface area contributed by atoms with Gasteiger partial charge in [0.1, 0.15) is 0 Å². The molecule has 0 rings (SSSR count). The molecule has 0 nitrogen and oxygen atoms in total. The van der Waals surface area contributed by atoms with Crippen LogP contribution in [0.1, 0.15) is 0 Å². The summed E-state index contributed by atoms with van der Waals surface area (Å²) in [5, 5.41) is 0. The first-order chi connectivity index (χ1) is 0. The second kappa shape index (κ2) is 26.9. The molecule has 5 heavy (non-hydrogen) atoms. The SMILES string of the molecule is [Cr].[Mn].[Sc].[Ti].[V]. The first kappa shape index (κ1) is 41.3. The van der Waals surface area contributed by atoms with E-state index in [0.717, 1.165) is 0 Å².